The summed E-state index contributed by atoms with van der Waals surface area (Å²) in [4.78, 5) is 13.7. The number of ketones is 1. The number of phenolic OH excluding ortho intramolecular Hbond substituents is 1. The van der Waals surface area contributed by atoms with Gasteiger partial charge in [0, 0.05) is 18.5 Å². The summed E-state index contributed by atoms with van der Waals surface area (Å²) in [5.41, 5.74) is 0.629. The number of likely N-dealkylation sites (tertiary alicyclic amines) is 1. The van der Waals surface area contributed by atoms with Gasteiger partial charge in [-0.2, -0.15) is 0 Å². The third kappa shape index (κ3) is 1.65. The number of ether oxygens (including phenoxy) is 1. The number of para-hydroxylation sites is 1. The first kappa shape index (κ1) is 11.0. The van der Waals surface area contributed by atoms with Crippen molar-refractivity contribution < 1.29 is 14.6 Å². The van der Waals surface area contributed by atoms with Crippen molar-refractivity contribution in [2.45, 2.75) is 12.5 Å². The monoisotopic (exact) mass is 221 g/mol. The molecule has 1 aliphatic heterocycles. The molecule has 1 N–H and O–H groups in total. The van der Waals surface area contributed by atoms with Crippen LogP contribution in [0.5, 0.6) is 11.5 Å². The van der Waals surface area contributed by atoms with E-state index < -0.39 is 0 Å². The summed E-state index contributed by atoms with van der Waals surface area (Å²) in [7, 11) is 3.38. The predicted molar refractivity (Wildman–Crippen MR) is 59.7 cm³/mol. The topological polar surface area (TPSA) is 49.8 Å². The van der Waals surface area contributed by atoms with Crippen LogP contribution in [0.25, 0.3) is 0 Å². The minimum Gasteiger partial charge on any atom is -0.504 e. The van der Waals surface area contributed by atoms with Gasteiger partial charge in [0.15, 0.2) is 17.3 Å². The fourth-order valence-electron chi connectivity index (χ4n) is 2.13. The van der Waals surface area contributed by atoms with Gasteiger partial charge in [-0.1, -0.05) is 12.1 Å². The molecule has 0 radical (unpaired) electrons. The second-order valence-electron chi connectivity index (χ2n) is 4.00. The third-order valence-corrected chi connectivity index (χ3v) is 3.00. The van der Waals surface area contributed by atoms with E-state index in [0.29, 0.717) is 17.7 Å². The minimum atomic E-state index is -0.338. The molecule has 1 unspecified atom stereocenters. The number of Topliss-reactive ketones (excluding diaryl/α,β-unsaturated/α-hetero) is 1. The molecule has 1 fully saturated rings. The third-order valence-electron chi connectivity index (χ3n) is 3.00. The van der Waals surface area contributed by atoms with Gasteiger partial charge in [-0.15, -0.1) is 0 Å². The Hall–Kier alpha value is -1.55. The molecule has 0 spiro atoms. The van der Waals surface area contributed by atoms with E-state index in [-0.39, 0.29) is 17.6 Å². The Kier molecular flexibility index (Phi) is 2.83. The van der Waals surface area contributed by atoms with E-state index in [1.54, 1.807) is 18.2 Å². The lowest BCUT2D eigenvalue weighted by atomic mass is 10.0. The number of aromatic hydroxyl groups is 1. The highest BCUT2D eigenvalue weighted by Gasteiger charge is 2.33. The Morgan fingerprint density at radius 3 is 2.81 bits per heavy atom. The number of hydrogen-bond acceptors (Lipinski definition) is 4. The number of carbonyl (C=O) groups is 1. The highest BCUT2D eigenvalue weighted by Crippen LogP contribution is 2.38. The lowest BCUT2D eigenvalue weighted by molar-refractivity contribution is -0.119. The molecule has 0 amide bonds. The van der Waals surface area contributed by atoms with E-state index in [0.717, 1.165) is 6.54 Å². The van der Waals surface area contributed by atoms with Gasteiger partial charge in [0.1, 0.15) is 0 Å². The maximum Gasteiger partial charge on any atom is 0.162 e. The van der Waals surface area contributed by atoms with E-state index in [4.69, 9.17) is 4.74 Å². The molecule has 86 valence electrons. The van der Waals surface area contributed by atoms with E-state index in [1.807, 2.05) is 11.9 Å². The van der Waals surface area contributed by atoms with E-state index in [1.165, 1.54) is 7.11 Å². The van der Waals surface area contributed by atoms with Crippen LogP contribution in [0.3, 0.4) is 0 Å². The molecule has 0 bridgehead atoms. The number of benzene rings is 1. The molecular weight excluding hydrogens is 206 g/mol. The number of hydrogen-bond donors (Lipinski definition) is 1. The minimum absolute atomic E-state index is 0.0668. The summed E-state index contributed by atoms with van der Waals surface area (Å²) in [6.07, 6.45) is 0.540. The van der Waals surface area contributed by atoms with Crippen molar-refractivity contribution in [2.24, 2.45) is 0 Å². The Bertz CT molecular complexity index is 417. The second kappa shape index (κ2) is 4.14. The standard InChI is InChI=1S/C12H15NO3/c1-13-7-6-9(14)11(13)8-4-3-5-10(16-2)12(8)15/h3-5,11,15H,6-7H2,1-2H3. The SMILES string of the molecule is COc1cccc(C2C(=O)CCN2C)c1O. The normalized spacial score (nSPS) is 21.4. The zero-order valence-corrected chi connectivity index (χ0v) is 9.43. The molecule has 16 heavy (non-hydrogen) atoms. The van der Waals surface area contributed by atoms with E-state index >= 15 is 0 Å². The van der Waals surface area contributed by atoms with Crippen LogP contribution in [0.4, 0.5) is 0 Å². The van der Waals surface area contributed by atoms with Crippen LogP contribution in [0, 0.1) is 0 Å². The fraction of sp³-hybridized carbons (Fsp3) is 0.417. The molecule has 0 aromatic heterocycles. The Labute approximate surface area is 94.4 Å². The maximum atomic E-state index is 11.7. The Morgan fingerprint density at radius 1 is 1.50 bits per heavy atom. The molecule has 1 heterocycles. The van der Waals surface area contributed by atoms with Gasteiger partial charge in [0.25, 0.3) is 0 Å². The van der Waals surface area contributed by atoms with Gasteiger partial charge in [-0.25, -0.2) is 0 Å². The number of nitrogens with zero attached hydrogens (tertiary/aromatic N) is 1. The number of carbonyl (C=O) groups excluding carboxylic acids is 1. The smallest absolute Gasteiger partial charge is 0.162 e. The molecule has 4 heteroatoms. The molecule has 1 saturated heterocycles. The van der Waals surface area contributed by atoms with Gasteiger partial charge in [-0.05, 0) is 13.1 Å². The molecule has 1 aromatic carbocycles. The Balaban J connectivity index is 2.43. The lowest BCUT2D eigenvalue weighted by Gasteiger charge is -2.20. The fourth-order valence-corrected chi connectivity index (χ4v) is 2.13. The van der Waals surface area contributed by atoms with Gasteiger partial charge < -0.3 is 9.84 Å². The molecule has 1 aliphatic rings. The van der Waals surface area contributed by atoms with Crippen molar-refractivity contribution in [3.05, 3.63) is 23.8 Å². The van der Waals surface area contributed by atoms with Crippen LogP contribution in [0.2, 0.25) is 0 Å². The summed E-state index contributed by atoms with van der Waals surface area (Å²) < 4.78 is 5.04. The maximum absolute atomic E-state index is 11.7. The van der Waals surface area contributed by atoms with Gasteiger partial charge in [-0.3, -0.25) is 9.69 Å². The van der Waals surface area contributed by atoms with Gasteiger partial charge in [0.2, 0.25) is 0 Å². The summed E-state index contributed by atoms with van der Waals surface area (Å²) in [5.74, 6) is 0.619. The quantitative estimate of drug-likeness (QED) is 0.819. The highest BCUT2D eigenvalue weighted by molar-refractivity contribution is 5.88. The lowest BCUT2D eigenvalue weighted by Crippen LogP contribution is -2.21. The second-order valence-corrected chi connectivity index (χ2v) is 4.00. The van der Waals surface area contributed by atoms with Crippen molar-refractivity contribution in [1.82, 2.24) is 4.90 Å². The molecule has 2 rings (SSSR count). The van der Waals surface area contributed by atoms with Crippen molar-refractivity contribution in [1.29, 1.82) is 0 Å². The average Bonchev–Trinajstić information content (AvgIpc) is 2.60. The van der Waals surface area contributed by atoms with Crippen LogP contribution < -0.4 is 4.74 Å². The zero-order chi connectivity index (χ0) is 11.7. The largest absolute Gasteiger partial charge is 0.504 e. The zero-order valence-electron chi connectivity index (χ0n) is 9.43. The number of likely N-dealkylation sites (N-methyl/N-ethyl adjacent to an activating group) is 1. The molecule has 4 nitrogen and oxygen atoms in total. The summed E-state index contributed by atoms with van der Waals surface area (Å²) in [6, 6.07) is 4.89. The van der Waals surface area contributed by atoms with Gasteiger partial charge >= 0.3 is 0 Å². The summed E-state index contributed by atoms with van der Waals surface area (Å²) >= 11 is 0. The van der Waals surface area contributed by atoms with Crippen LogP contribution in [0.15, 0.2) is 18.2 Å². The first-order valence-electron chi connectivity index (χ1n) is 5.24. The highest BCUT2D eigenvalue weighted by atomic mass is 16.5. The molecule has 1 atom stereocenters. The van der Waals surface area contributed by atoms with Crippen molar-refractivity contribution in [3.63, 3.8) is 0 Å². The predicted octanol–water partition coefficient (Wildman–Crippen LogP) is 1.35. The van der Waals surface area contributed by atoms with Crippen molar-refractivity contribution in [3.8, 4) is 11.5 Å². The van der Waals surface area contributed by atoms with Crippen molar-refractivity contribution >= 4 is 5.78 Å². The molecule has 0 saturated carbocycles. The van der Waals surface area contributed by atoms with Crippen LogP contribution in [0.1, 0.15) is 18.0 Å². The van der Waals surface area contributed by atoms with Crippen LogP contribution in [-0.4, -0.2) is 36.5 Å². The first-order valence-corrected chi connectivity index (χ1v) is 5.24. The Morgan fingerprint density at radius 2 is 2.25 bits per heavy atom. The van der Waals surface area contributed by atoms with E-state index in [2.05, 4.69) is 0 Å². The van der Waals surface area contributed by atoms with E-state index in [9.17, 15) is 9.90 Å². The summed E-state index contributed by atoms with van der Waals surface area (Å²) in [5, 5.41) is 9.98. The molecular formula is C12H15NO3. The van der Waals surface area contributed by atoms with Crippen LogP contribution in [-0.2, 0) is 4.79 Å². The molecule has 1 aromatic rings. The average molecular weight is 221 g/mol. The first-order chi connectivity index (χ1) is 7.65. The van der Waals surface area contributed by atoms with Crippen LogP contribution >= 0.6 is 0 Å². The van der Waals surface area contributed by atoms with Gasteiger partial charge in [0.05, 0.1) is 13.2 Å². The molecule has 0 aliphatic carbocycles. The van der Waals surface area contributed by atoms with Crippen molar-refractivity contribution in [2.75, 3.05) is 20.7 Å². The number of phenols is 1. The number of methoxy groups -OCH3 is 1. The summed E-state index contributed by atoms with van der Waals surface area (Å²) in [6.45, 7) is 0.736. The number of rotatable bonds is 2.